The highest BCUT2D eigenvalue weighted by Gasteiger charge is 2.37. The second-order valence-corrected chi connectivity index (χ2v) is 6.88. The summed E-state index contributed by atoms with van der Waals surface area (Å²) in [6.07, 6.45) is 0.801. The number of hydrogen-bond donors (Lipinski definition) is 0. The van der Waals surface area contributed by atoms with E-state index in [0.717, 1.165) is 17.1 Å². The van der Waals surface area contributed by atoms with Crippen LogP contribution in [0.25, 0.3) is 5.82 Å². The maximum Gasteiger partial charge on any atom is 0.248 e. The van der Waals surface area contributed by atoms with Gasteiger partial charge in [0.05, 0.1) is 5.69 Å². The Labute approximate surface area is 147 Å². The maximum absolute atomic E-state index is 13.5. The monoisotopic (exact) mass is 349 g/mol. The lowest BCUT2D eigenvalue weighted by Gasteiger charge is -2.36. The Kier molecular flexibility index (Phi) is 4.75. The zero-order chi connectivity index (χ0) is 18.2. The summed E-state index contributed by atoms with van der Waals surface area (Å²) in [5, 5.41) is 4.49. The molecule has 25 heavy (non-hydrogen) atoms. The van der Waals surface area contributed by atoms with Crippen molar-refractivity contribution in [3.63, 3.8) is 0 Å². The first-order chi connectivity index (χ1) is 11.8. The zero-order valence-electron chi connectivity index (χ0n) is 15.3. The van der Waals surface area contributed by atoms with E-state index in [1.807, 2.05) is 39.8 Å². The average molecular weight is 349 g/mol. The van der Waals surface area contributed by atoms with Crippen LogP contribution in [0, 0.1) is 20.8 Å². The molecule has 0 spiro atoms. The van der Waals surface area contributed by atoms with Crippen molar-refractivity contribution < 1.29 is 8.78 Å². The van der Waals surface area contributed by atoms with Gasteiger partial charge in [-0.15, -0.1) is 0 Å². The molecule has 7 heteroatoms. The second kappa shape index (κ2) is 6.69. The van der Waals surface area contributed by atoms with Gasteiger partial charge in [-0.1, -0.05) is 0 Å². The van der Waals surface area contributed by atoms with Crippen molar-refractivity contribution in [3.8, 4) is 5.82 Å². The summed E-state index contributed by atoms with van der Waals surface area (Å²) < 4.78 is 28.8. The lowest BCUT2D eigenvalue weighted by molar-refractivity contribution is -0.0381. The molecule has 2 aromatic rings. The van der Waals surface area contributed by atoms with Crippen LogP contribution < -0.4 is 4.90 Å². The molecule has 1 saturated carbocycles. The first-order valence-corrected chi connectivity index (χ1v) is 8.83. The van der Waals surface area contributed by atoms with Crippen molar-refractivity contribution in [2.45, 2.75) is 65.3 Å². The van der Waals surface area contributed by atoms with Gasteiger partial charge in [0.1, 0.15) is 0 Å². The minimum atomic E-state index is -2.53. The number of aromatic nitrogens is 4. The van der Waals surface area contributed by atoms with E-state index in [1.54, 1.807) is 4.68 Å². The molecule has 0 atom stereocenters. The highest BCUT2D eigenvalue weighted by Crippen LogP contribution is 2.36. The summed E-state index contributed by atoms with van der Waals surface area (Å²) in [5.74, 6) is -1.22. The van der Waals surface area contributed by atoms with Crippen molar-refractivity contribution in [1.29, 1.82) is 0 Å². The van der Waals surface area contributed by atoms with Crippen LogP contribution in [0.15, 0.2) is 12.1 Å². The third kappa shape index (κ3) is 3.80. The van der Waals surface area contributed by atoms with Gasteiger partial charge >= 0.3 is 0 Å². The normalized spacial score (nSPS) is 17.7. The Hall–Kier alpha value is -2.05. The van der Waals surface area contributed by atoms with Crippen molar-refractivity contribution >= 4 is 5.95 Å². The molecule has 1 aliphatic carbocycles. The Morgan fingerprint density at radius 1 is 1.12 bits per heavy atom. The Balaban J connectivity index is 1.92. The van der Waals surface area contributed by atoms with E-state index in [4.69, 9.17) is 0 Å². The lowest BCUT2D eigenvalue weighted by Crippen LogP contribution is -2.41. The number of rotatable bonds is 4. The van der Waals surface area contributed by atoms with Crippen LogP contribution >= 0.6 is 0 Å². The molecule has 136 valence electrons. The standard InChI is InChI=1S/C18H25F2N5/c1-5-24(15-6-8-18(19,20)9-7-15)17-21-12(2)11-16(22-17)25-14(4)10-13(3)23-25/h10-11,15H,5-9H2,1-4H3. The number of hydrogen-bond acceptors (Lipinski definition) is 4. The summed E-state index contributed by atoms with van der Waals surface area (Å²) in [4.78, 5) is 11.3. The number of nitrogens with zero attached hydrogens (tertiary/aromatic N) is 5. The molecule has 0 radical (unpaired) electrons. The predicted octanol–water partition coefficient (Wildman–Crippen LogP) is 3.99. The maximum atomic E-state index is 13.5. The van der Waals surface area contributed by atoms with Crippen LogP contribution in [0.5, 0.6) is 0 Å². The molecule has 5 nitrogen and oxygen atoms in total. The Morgan fingerprint density at radius 2 is 1.80 bits per heavy atom. The molecule has 0 aromatic carbocycles. The van der Waals surface area contributed by atoms with Crippen LogP contribution in [0.2, 0.25) is 0 Å². The van der Waals surface area contributed by atoms with E-state index >= 15 is 0 Å². The minimum Gasteiger partial charge on any atom is -0.338 e. The summed E-state index contributed by atoms with van der Waals surface area (Å²) in [7, 11) is 0. The number of anilines is 1. The number of alkyl halides is 2. The molecular weight excluding hydrogens is 324 g/mol. The summed E-state index contributed by atoms with van der Waals surface area (Å²) in [6.45, 7) is 8.55. The van der Waals surface area contributed by atoms with Crippen LogP contribution in [0.3, 0.4) is 0 Å². The first-order valence-electron chi connectivity index (χ1n) is 8.83. The molecule has 0 saturated heterocycles. The van der Waals surface area contributed by atoms with Crippen molar-refractivity contribution in [2.24, 2.45) is 0 Å². The fourth-order valence-corrected chi connectivity index (χ4v) is 3.53. The second-order valence-electron chi connectivity index (χ2n) is 6.88. The van der Waals surface area contributed by atoms with Crippen LogP contribution in [0.4, 0.5) is 14.7 Å². The van der Waals surface area contributed by atoms with Gasteiger partial charge in [-0.3, -0.25) is 0 Å². The zero-order valence-corrected chi connectivity index (χ0v) is 15.3. The molecule has 2 heterocycles. The number of halogens is 2. The lowest BCUT2D eigenvalue weighted by atomic mass is 9.91. The molecule has 0 bridgehead atoms. The fraction of sp³-hybridized carbons (Fsp3) is 0.611. The van der Waals surface area contributed by atoms with E-state index in [0.29, 0.717) is 31.2 Å². The fourth-order valence-electron chi connectivity index (χ4n) is 3.53. The molecule has 1 fully saturated rings. The van der Waals surface area contributed by atoms with Crippen LogP contribution in [-0.2, 0) is 0 Å². The van der Waals surface area contributed by atoms with Gasteiger partial charge in [-0.05, 0) is 46.6 Å². The summed E-state index contributed by atoms with van der Waals surface area (Å²) >= 11 is 0. The smallest absolute Gasteiger partial charge is 0.248 e. The summed E-state index contributed by atoms with van der Waals surface area (Å²) in [6, 6.07) is 3.95. The Morgan fingerprint density at radius 3 is 2.36 bits per heavy atom. The molecule has 3 rings (SSSR count). The number of aryl methyl sites for hydroxylation is 3. The summed E-state index contributed by atoms with van der Waals surface area (Å²) in [5.41, 5.74) is 2.77. The van der Waals surface area contributed by atoms with Gasteiger partial charge in [0.2, 0.25) is 11.9 Å². The van der Waals surface area contributed by atoms with E-state index in [-0.39, 0.29) is 18.9 Å². The largest absolute Gasteiger partial charge is 0.338 e. The van der Waals surface area contributed by atoms with Crippen molar-refractivity contribution in [2.75, 3.05) is 11.4 Å². The van der Waals surface area contributed by atoms with Crippen molar-refractivity contribution in [3.05, 3.63) is 29.2 Å². The molecule has 1 aliphatic rings. The van der Waals surface area contributed by atoms with Gasteiger partial charge in [0, 0.05) is 42.9 Å². The average Bonchev–Trinajstić information content (AvgIpc) is 2.88. The molecule has 0 N–H and O–H groups in total. The SMILES string of the molecule is CCN(c1nc(C)cc(-n2nc(C)cc2C)n1)C1CCC(F)(F)CC1. The van der Waals surface area contributed by atoms with Gasteiger partial charge in [0.15, 0.2) is 5.82 Å². The molecule has 2 aromatic heterocycles. The topological polar surface area (TPSA) is 46.8 Å². The van der Waals surface area contributed by atoms with E-state index in [1.165, 1.54) is 0 Å². The third-order valence-electron chi connectivity index (χ3n) is 4.78. The molecule has 0 amide bonds. The van der Waals surface area contributed by atoms with E-state index in [9.17, 15) is 8.78 Å². The highest BCUT2D eigenvalue weighted by molar-refractivity contribution is 5.39. The van der Waals surface area contributed by atoms with Crippen molar-refractivity contribution in [1.82, 2.24) is 19.7 Å². The Bertz CT molecular complexity index is 746. The first kappa shape index (κ1) is 17.8. The molecule has 0 unspecified atom stereocenters. The van der Waals surface area contributed by atoms with Gasteiger partial charge in [-0.25, -0.2) is 18.4 Å². The van der Waals surface area contributed by atoms with Gasteiger partial charge in [0.25, 0.3) is 0 Å². The predicted molar refractivity (Wildman–Crippen MR) is 93.6 cm³/mol. The minimum absolute atomic E-state index is 0.0553. The molecular formula is C18H25F2N5. The highest BCUT2D eigenvalue weighted by atomic mass is 19.3. The molecule has 0 aliphatic heterocycles. The van der Waals surface area contributed by atoms with Crippen LogP contribution in [0.1, 0.15) is 49.7 Å². The van der Waals surface area contributed by atoms with E-state index < -0.39 is 5.92 Å². The third-order valence-corrected chi connectivity index (χ3v) is 4.78. The van der Waals surface area contributed by atoms with Crippen LogP contribution in [-0.4, -0.2) is 38.3 Å². The van der Waals surface area contributed by atoms with Gasteiger partial charge < -0.3 is 4.90 Å². The van der Waals surface area contributed by atoms with E-state index in [2.05, 4.69) is 20.0 Å². The van der Waals surface area contributed by atoms with Gasteiger partial charge in [-0.2, -0.15) is 10.1 Å². The quantitative estimate of drug-likeness (QED) is 0.837.